The lowest BCUT2D eigenvalue weighted by atomic mass is 10.1. The standard InChI is InChI=1S/C19H19F2NO5/c1-2-26-15-9-5-6-10-16(15)27-14-8-4-3-7-12(14)18(23)22-13(19(24)25)11-17(20)21/h3-10,13,17H,2,11H2,1H3,(H,22,23)(H,24,25). The molecule has 1 atom stereocenters. The number of halogens is 2. The highest BCUT2D eigenvalue weighted by atomic mass is 19.3. The molecule has 0 saturated heterocycles. The molecular formula is C19H19F2NO5. The third kappa shape index (κ3) is 5.67. The van der Waals surface area contributed by atoms with Gasteiger partial charge in [-0.1, -0.05) is 24.3 Å². The van der Waals surface area contributed by atoms with E-state index in [9.17, 15) is 18.4 Å². The molecule has 2 aromatic rings. The van der Waals surface area contributed by atoms with Gasteiger partial charge in [-0.3, -0.25) is 4.79 Å². The summed E-state index contributed by atoms with van der Waals surface area (Å²) in [6.07, 6.45) is -3.85. The number of ether oxygens (including phenoxy) is 2. The van der Waals surface area contributed by atoms with Crippen molar-refractivity contribution in [2.24, 2.45) is 0 Å². The highest BCUT2D eigenvalue weighted by Gasteiger charge is 2.26. The number of carboxylic acids is 1. The van der Waals surface area contributed by atoms with Gasteiger partial charge >= 0.3 is 5.97 Å². The van der Waals surface area contributed by atoms with E-state index in [0.717, 1.165) is 0 Å². The molecule has 2 rings (SSSR count). The number of hydrogen-bond donors (Lipinski definition) is 2. The summed E-state index contributed by atoms with van der Waals surface area (Å²) in [5.74, 6) is -1.39. The van der Waals surface area contributed by atoms with Gasteiger partial charge in [0.1, 0.15) is 11.8 Å². The normalized spacial score (nSPS) is 11.7. The zero-order valence-electron chi connectivity index (χ0n) is 14.5. The summed E-state index contributed by atoms with van der Waals surface area (Å²) in [7, 11) is 0. The van der Waals surface area contributed by atoms with Crippen molar-refractivity contribution < 1.29 is 33.0 Å². The number of alkyl halides is 2. The smallest absolute Gasteiger partial charge is 0.326 e. The fraction of sp³-hybridized carbons (Fsp3) is 0.263. The third-order valence-corrected chi connectivity index (χ3v) is 3.52. The maximum absolute atomic E-state index is 12.5. The van der Waals surface area contributed by atoms with E-state index in [1.165, 1.54) is 12.1 Å². The van der Waals surface area contributed by atoms with Crippen molar-refractivity contribution in [3.8, 4) is 17.2 Å². The van der Waals surface area contributed by atoms with E-state index in [2.05, 4.69) is 5.32 Å². The topological polar surface area (TPSA) is 84.9 Å². The lowest BCUT2D eigenvalue weighted by Crippen LogP contribution is -2.42. The van der Waals surface area contributed by atoms with E-state index in [1.54, 1.807) is 36.4 Å². The Bertz CT molecular complexity index is 797. The minimum atomic E-state index is -2.86. The number of carbonyl (C=O) groups excluding carboxylic acids is 1. The van der Waals surface area contributed by atoms with Gasteiger partial charge in [0.05, 0.1) is 12.2 Å². The summed E-state index contributed by atoms with van der Waals surface area (Å²) < 4.78 is 36.3. The van der Waals surface area contributed by atoms with E-state index in [4.69, 9.17) is 14.6 Å². The lowest BCUT2D eigenvalue weighted by molar-refractivity contribution is -0.140. The second kappa shape index (κ2) is 9.51. The minimum absolute atomic E-state index is 0.0179. The second-order valence-electron chi connectivity index (χ2n) is 5.47. The summed E-state index contributed by atoms with van der Waals surface area (Å²) in [4.78, 5) is 23.5. The molecule has 0 aliphatic rings. The number of para-hydroxylation sites is 3. The number of carbonyl (C=O) groups is 2. The summed E-state index contributed by atoms with van der Waals surface area (Å²) in [6.45, 7) is 2.23. The number of carboxylic acid groups (broad SMARTS) is 1. The van der Waals surface area contributed by atoms with E-state index < -0.39 is 30.8 Å². The van der Waals surface area contributed by atoms with Crippen LogP contribution in [0.25, 0.3) is 0 Å². The molecule has 0 radical (unpaired) electrons. The molecule has 0 bridgehead atoms. The highest BCUT2D eigenvalue weighted by molar-refractivity contribution is 5.99. The van der Waals surface area contributed by atoms with Gasteiger partial charge in [-0.25, -0.2) is 13.6 Å². The Morgan fingerprint density at radius 2 is 1.63 bits per heavy atom. The second-order valence-corrected chi connectivity index (χ2v) is 5.47. The first-order valence-corrected chi connectivity index (χ1v) is 8.22. The van der Waals surface area contributed by atoms with Gasteiger partial charge in [0.15, 0.2) is 11.5 Å². The van der Waals surface area contributed by atoms with Crippen LogP contribution < -0.4 is 14.8 Å². The Balaban J connectivity index is 2.25. The van der Waals surface area contributed by atoms with Crippen LogP contribution in [0.5, 0.6) is 17.2 Å². The number of hydrogen-bond acceptors (Lipinski definition) is 4. The molecule has 8 heteroatoms. The molecule has 144 valence electrons. The number of rotatable bonds is 9. The van der Waals surface area contributed by atoms with Crippen LogP contribution in [-0.2, 0) is 4.79 Å². The summed E-state index contributed by atoms with van der Waals surface area (Å²) in [5.41, 5.74) is 0.0179. The maximum atomic E-state index is 12.5. The van der Waals surface area contributed by atoms with Crippen molar-refractivity contribution in [3.63, 3.8) is 0 Å². The Labute approximate surface area is 154 Å². The van der Waals surface area contributed by atoms with Gasteiger partial charge in [0.25, 0.3) is 5.91 Å². The molecule has 0 saturated carbocycles. The van der Waals surface area contributed by atoms with Crippen molar-refractivity contribution in [1.82, 2.24) is 5.32 Å². The Morgan fingerprint density at radius 1 is 1.04 bits per heavy atom. The van der Waals surface area contributed by atoms with Crippen LogP contribution in [-0.4, -0.2) is 36.1 Å². The van der Waals surface area contributed by atoms with E-state index >= 15 is 0 Å². The van der Waals surface area contributed by atoms with Gasteiger partial charge in [0.2, 0.25) is 6.43 Å². The SMILES string of the molecule is CCOc1ccccc1Oc1ccccc1C(=O)NC(CC(F)F)C(=O)O. The summed E-state index contributed by atoms with van der Waals surface area (Å²) >= 11 is 0. The molecule has 1 unspecified atom stereocenters. The molecule has 0 aromatic heterocycles. The number of aliphatic carboxylic acids is 1. The molecule has 27 heavy (non-hydrogen) atoms. The van der Waals surface area contributed by atoms with Crippen LogP contribution in [0.4, 0.5) is 8.78 Å². The van der Waals surface area contributed by atoms with Crippen molar-refractivity contribution in [1.29, 1.82) is 0 Å². The van der Waals surface area contributed by atoms with Crippen LogP contribution in [0.15, 0.2) is 48.5 Å². The van der Waals surface area contributed by atoms with Crippen molar-refractivity contribution >= 4 is 11.9 Å². The maximum Gasteiger partial charge on any atom is 0.326 e. The zero-order valence-corrected chi connectivity index (χ0v) is 14.5. The lowest BCUT2D eigenvalue weighted by Gasteiger charge is -2.17. The molecule has 2 aromatic carbocycles. The van der Waals surface area contributed by atoms with Crippen molar-refractivity contribution in [2.45, 2.75) is 25.8 Å². The first-order chi connectivity index (χ1) is 12.9. The molecule has 0 aliphatic heterocycles. The van der Waals surface area contributed by atoms with Crippen LogP contribution in [0.1, 0.15) is 23.7 Å². The van der Waals surface area contributed by atoms with E-state index in [0.29, 0.717) is 18.1 Å². The monoisotopic (exact) mass is 379 g/mol. The van der Waals surface area contributed by atoms with Gasteiger partial charge in [-0.05, 0) is 31.2 Å². The van der Waals surface area contributed by atoms with Gasteiger partial charge in [-0.15, -0.1) is 0 Å². The van der Waals surface area contributed by atoms with Gasteiger partial charge < -0.3 is 19.9 Å². The van der Waals surface area contributed by atoms with Crippen molar-refractivity contribution in [2.75, 3.05) is 6.61 Å². The molecule has 2 N–H and O–H groups in total. The van der Waals surface area contributed by atoms with Gasteiger partial charge in [-0.2, -0.15) is 0 Å². The molecular weight excluding hydrogens is 360 g/mol. The fourth-order valence-corrected chi connectivity index (χ4v) is 2.31. The molecule has 0 spiro atoms. The van der Waals surface area contributed by atoms with Gasteiger partial charge in [0, 0.05) is 6.42 Å². The highest BCUT2D eigenvalue weighted by Crippen LogP contribution is 2.33. The minimum Gasteiger partial charge on any atom is -0.490 e. The van der Waals surface area contributed by atoms with Crippen molar-refractivity contribution in [3.05, 3.63) is 54.1 Å². The predicted octanol–water partition coefficient (Wildman–Crippen LogP) is 3.72. The van der Waals surface area contributed by atoms with Crippen LogP contribution in [0.3, 0.4) is 0 Å². The molecule has 6 nitrogen and oxygen atoms in total. The average Bonchev–Trinajstić information content (AvgIpc) is 2.63. The molecule has 0 fully saturated rings. The largest absolute Gasteiger partial charge is 0.490 e. The van der Waals surface area contributed by atoms with Crippen LogP contribution >= 0.6 is 0 Å². The first kappa shape index (κ1) is 20.2. The Morgan fingerprint density at radius 3 is 2.22 bits per heavy atom. The Hall–Kier alpha value is -3.16. The number of amides is 1. The molecule has 0 heterocycles. The predicted molar refractivity (Wildman–Crippen MR) is 93.6 cm³/mol. The zero-order chi connectivity index (χ0) is 19.8. The number of nitrogens with one attached hydrogen (secondary N) is 1. The van der Waals surface area contributed by atoms with E-state index in [1.807, 2.05) is 6.92 Å². The van der Waals surface area contributed by atoms with Crippen LogP contribution in [0.2, 0.25) is 0 Å². The third-order valence-electron chi connectivity index (χ3n) is 3.52. The molecule has 1 amide bonds. The number of benzene rings is 2. The first-order valence-electron chi connectivity index (χ1n) is 8.22. The fourth-order valence-electron chi connectivity index (χ4n) is 2.31. The quantitative estimate of drug-likeness (QED) is 0.694. The van der Waals surface area contributed by atoms with Crippen LogP contribution in [0, 0.1) is 0 Å². The Kier molecular flexibility index (Phi) is 7.10. The average molecular weight is 379 g/mol. The summed E-state index contributed by atoms with van der Waals surface area (Å²) in [6, 6.07) is 11.2. The summed E-state index contributed by atoms with van der Waals surface area (Å²) in [5, 5.41) is 11.1. The molecule has 0 aliphatic carbocycles. The van der Waals surface area contributed by atoms with E-state index in [-0.39, 0.29) is 11.3 Å².